The van der Waals surface area contributed by atoms with Crippen LogP contribution in [0.25, 0.3) is 0 Å². The van der Waals surface area contributed by atoms with E-state index in [0.29, 0.717) is 12.7 Å². The summed E-state index contributed by atoms with van der Waals surface area (Å²) in [4.78, 5) is 0. The lowest BCUT2D eigenvalue weighted by Gasteiger charge is -2.10. The van der Waals surface area contributed by atoms with Crippen molar-refractivity contribution in [2.45, 2.75) is 135 Å². The standard InChI is InChI=1S/C26H52O3/c1-2-3-4-5-6-7-8-9-10-11-13-16-19-25-22-26(29-23-25)24-28-21-18-15-12-14-17-20-27/h25-27H,2-24H2,1H3/t25-,26+/m1/s1. The lowest BCUT2D eigenvalue weighted by atomic mass is 9.97. The smallest absolute Gasteiger partial charge is 0.0812 e. The van der Waals surface area contributed by atoms with Gasteiger partial charge >= 0.3 is 0 Å². The summed E-state index contributed by atoms with van der Waals surface area (Å²) in [6.45, 7) is 5.22. The Morgan fingerprint density at radius 2 is 1.28 bits per heavy atom. The highest BCUT2D eigenvalue weighted by Gasteiger charge is 2.24. The number of rotatable bonds is 22. The van der Waals surface area contributed by atoms with Crippen LogP contribution in [0.5, 0.6) is 0 Å². The SMILES string of the molecule is CCCCCCCCCCCCCC[C@H]1CO[C@H](COCCCCCCCO)C1. The van der Waals surface area contributed by atoms with Crippen LogP contribution in [0.15, 0.2) is 0 Å². The molecule has 0 unspecified atom stereocenters. The van der Waals surface area contributed by atoms with E-state index in [-0.39, 0.29) is 0 Å². The summed E-state index contributed by atoms with van der Waals surface area (Å²) in [5.41, 5.74) is 0. The van der Waals surface area contributed by atoms with Gasteiger partial charge in [0.2, 0.25) is 0 Å². The number of aliphatic hydroxyl groups is 1. The number of unbranched alkanes of at least 4 members (excludes halogenated alkanes) is 15. The van der Waals surface area contributed by atoms with E-state index >= 15 is 0 Å². The van der Waals surface area contributed by atoms with Gasteiger partial charge in [0.05, 0.1) is 12.7 Å². The van der Waals surface area contributed by atoms with E-state index in [1.54, 1.807) is 0 Å². The molecule has 1 fully saturated rings. The van der Waals surface area contributed by atoms with Gasteiger partial charge in [-0.25, -0.2) is 0 Å². The van der Waals surface area contributed by atoms with Gasteiger partial charge in [0.15, 0.2) is 0 Å². The summed E-state index contributed by atoms with van der Waals surface area (Å²) in [5, 5.41) is 8.76. The van der Waals surface area contributed by atoms with E-state index in [1.807, 2.05) is 0 Å². The molecule has 0 aliphatic carbocycles. The predicted molar refractivity (Wildman–Crippen MR) is 125 cm³/mol. The van der Waals surface area contributed by atoms with Gasteiger partial charge in [-0.2, -0.15) is 0 Å². The lowest BCUT2D eigenvalue weighted by Crippen LogP contribution is -2.14. The van der Waals surface area contributed by atoms with Crippen LogP contribution in [0.1, 0.15) is 129 Å². The van der Waals surface area contributed by atoms with Crippen molar-refractivity contribution >= 4 is 0 Å². The summed E-state index contributed by atoms with van der Waals surface area (Å²) >= 11 is 0. The molecule has 2 atom stereocenters. The summed E-state index contributed by atoms with van der Waals surface area (Å²) in [5.74, 6) is 0.769. The first-order chi connectivity index (χ1) is 14.4. The molecule has 0 aromatic heterocycles. The number of aliphatic hydroxyl groups excluding tert-OH is 1. The molecule has 0 saturated carbocycles. The van der Waals surface area contributed by atoms with Gasteiger partial charge in [0, 0.05) is 19.8 Å². The zero-order valence-electron chi connectivity index (χ0n) is 19.7. The van der Waals surface area contributed by atoms with Gasteiger partial charge in [-0.3, -0.25) is 0 Å². The van der Waals surface area contributed by atoms with Crippen molar-refractivity contribution in [3.05, 3.63) is 0 Å². The van der Waals surface area contributed by atoms with Crippen molar-refractivity contribution in [2.24, 2.45) is 5.92 Å². The van der Waals surface area contributed by atoms with Crippen LogP contribution < -0.4 is 0 Å². The second-order valence-corrected chi connectivity index (χ2v) is 9.30. The highest BCUT2D eigenvalue weighted by molar-refractivity contribution is 4.73. The molecule has 1 rings (SSSR count). The quantitative estimate of drug-likeness (QED) is 0.188. The second-order valence-electron chi connectivity index (χ2n) is 9.30. The van der Waals surface area contributed by atoms with Gasteiger partial charge in [0.1, 0.15) is 0 Å². The maximum Gasteiger partial charge on any atom is 0.0812 e. The largest absolute Gasteiger partial charge is 0.396 e. The Morgan fingerprint density at radius 3 is 1.90 bits per heavy atom. The summed E-state index contributed by atoms with van der Waals surface area (Å²) in [6.07, 6.45) is 25.7. The Bertz CT molecular complexity index is 321. The Balaban J connectivity index is 1.78. The maximum atomic E-state index is 8.76. The van der Waals surface area contributed by atoms with Gasteiger partial charge in [-0.15, -0.1) is 0 Å². The molecule has 1 N–H and O–H groups in total. The molecule has 0 spiro atoms. The average molecular weight is 413 g/mol. The van der Waals surface area contributed by atoms with Crippen LogP contribution in [-0.4, -0.2) is 37.6 Å². The molecule has 0 radical (unpaired) electrons. The van der Waals surface area contributed by atoms with Crippen molar-refractivity contribution in [1.82, 2.24) is 0 Å². The monoisotopic (exact) mass is 412 g/mol. The van der Waals surface area contributed by atoms with Crippen LogP contribution >= 0.6 is 0 Å². The van der Waals surface area contributed by atoms with E-state index in [0.717, 1.165) is 45.0 Å². The van der Waals surface area contributed by atoms with Crippen molar-refractivity contribution in [3.63, 3.8) is 0 Å². The fourth-order valence-corrected chi connectivity index (χ4v) is 4.43. The average Bonchev–Trinajstić information content (AvgIpc) is 3.18. The fraction of sp³-hybridized carbons (Fsp3) is 1.00. The Hall–Kier alpha value is -0.120. The minimum Gasteiger partial charge on any atom is -0.396 e. The normalized spacial score (nSPS) is 19.2. The summed E-state index contributed by atoms with van der Waals surface area (Å²) in [6, 6.07) is 0. The highest BCUT2D eigenvalue weighted by atomic mass is 16.5. The van der Waals surface area contributed by atoms with Gasteiger partial charge < -0.3 is 14.6 Å². The number of hydrogen-bond acceptors (Lipinski definition) is 3. The van der Waals surface area contributed by atoms with E-state index in [1.165, 1.54) is 103 Å². The summed E-state index contributed by atoms with van der Waals surface area (Å²) < 4.78 is 11.7. The van der Waals surface area contributed by atoms with Crippen molar-refractivity contribution in [1.29, 1.82) is 0 Å². The van der Waals surface area contributed by atoms with E-state index in [9.17, 15) is 0 Å². The van der Waals surface area contributed by atoms with E-state index in [4.69, 9.17) is 14.6 Å². The van der Waals surface area contributed by atoms with E-state index < -0.39 is 0 Å². The Kier molecular flexibility index (Phi) is 19.6. The first-order valence-corrected chi connectivity index (χ1v) is 13.2. The van der Waals surface area contributed by atoms with Crippen molar-refractivity contribution in [3.8, 4) is 0 Å². The van der Waals surface area contributed by atoms with Crippen LogP contribution in [0, 0.1) is 5.92 Å². The van der Waals surface area contributed by atoms with Crippen LogP contribution in [0.4, 0.5) is 0 Å². The molecular weight excluding hydrogens is 360 g/mol. The molecule has 1 aliphatic rings. The first kappa shape index (κ1) is 26.9. The number of hydrogen-bond donors (Lipinski definition) is 1. The molecule has 0 aromatic rings. The van der Waals surface area contributed by atoms with Crippen molar-refractivity contribution in [2.75, 3.05) is 26.4 Å². The molecule has 1 aliphatic heterocycles. The minimum atomic E-state index is 0.329. The predicted octanol–water partition coefficient (Wildman–Crippen LogP) is 7.44. The third kappa shape index (κ3) is 17.3. The fourth-order valence-electron chi connectivity index (χ4n) is 4.43. The Labute approximate surface area is 182 Å². The molecular formula is C26H52O3. The zero-order chi connectivity index (χ0) is 20.8. The third-order valence-corrected chi connectivity index (χ3v) is 6.38. The third-order valence-electron chi connectivity index (χ3n) is 6.38. The summed E-state index contributed by atoms with van der Waals surface area (Å²) in [7, 11) is 0. The van der Waals surface area contributed by atoms with Crippen LogP contribution in [-0.2, 0) is 9.47 Å². The molecule has 0 aromatic carbocycles. The second kappa shape index (κ2) is 21.1. The maximum absolute atomic E-state index is 8.76. The lowest BCUT2D eigenvalue weighted by molar-refractivity contribution is 0.0153. The molecule has 0 bridgehead atoms. The topological polar surface area (TPSA) is 38.7 Å². The molecule has 1 heterocycles. The molecule has 3 nitrogen and oxygen atoms in total. The molecule has 174 valence electrons. The van der Waals surface area contributed by atoms with Crippen LogP contribution in [0.2, 0.25) is 0 Å². The first-order valence-electron chi connectivity index (χ1n) is 13.2. The van der Waals surface area contributed by atoms with Crippen molar-refractivity contribution < 1.29 is 14.6 Å². The highest BCUT2D eigenvalue weighted by Crippen LogP contribution is 2.25. The van der Waals surface area contributed by atoms with Gasteiger partial charge in [-0.1, -0.05) is 103 Å². The number of ether oxygens (including phenoxy) is 2. The Morgan fingerprint density at radius 1 is 0.724 bits per heavy atom. The molecule has 1 saturated heterocycles. The van der Waals surface area contributed by atoms with Gasteiger partial charge in [-0.05, 0) is 31.6 Å². The van der Waals surface area contributed by atoms with E-state index in [2.05, 4.69) is 6.92 Å². The molecule has 0 amide bonds. The molecule has 3 heteroatoms. The van der Waals surface area contributed by atoms with Gasteiger partial charge in [0.25, 0.3) is 0 Å². The molecule has 29 heavy (non-hydrogen) atoms. The minimum absolute atomic E-state index is 0.329. The van der Waals surface area contributed by atoms with Crippen LogP contribution in [0.3, 0.4) is 0 Å². The zero-order valence-corrected chi connectivity index (χ0v) is 19.7.